The number of esters is 1. The number of anilines is 1. The summed E-state index contributed by atoms with van der Waals surface area (Å²) < 4.78 is 5.00. The molecule has 0 bridgehead atoms. The molecule has 3 amide bonds. The Labute approximate surface area is 155 Å². The number of amides is 3. The van der Waals surface area contributed by atoms with Gasteiger partial charge in [0.15, 0.2) is 6.61 Å². The molecule has 0 aliphatic carbocycles. The number of primary amides is 1. The zero-order chi connectivity index (χ0) is 18.9. The fourth-order valence-corrected chi connectivity index (χ4v) is 2.44. The molecule has 0 unspecified atom stereocenters. The summed E-state index contributed by atoms with van der Waals surface area (Å²) in [5.74, 6) is -1.02. The summed E-state index contributed by atoms with van der Waals surface area (Å²) in [6.45, 7) is -0.115. The van der Waals surface area contributed by atoms with Crippen molar-refractivity contribution in [2.45, 2.75) is 11.4 Å². The number of hydrogen-bond donors (Lipinski definition) is 3. The van der Waals surface area contributed by atoms with Gasteiger partial charge in [-0.2, -0.15) is 0 Å². The number of nitrogens with one attached hydrogen (secondary N) is 2. The van der Waals surface area contributed by atoms with Crippen LogP contribution in [0.4, 0.5) is 10.5 Å². The fourth-order valence-electron chi connectivity index (χ4n) is 2.03. The number of ether oxygens (including phenoxy) is 1. The minimum atomic E-state index is -0.623. The van der Waals surface area contributed by atoms with E-state index in [2.05, 4.69) is 10.6 Å². The van der Waals surface area contributed by atoms with Crippen LogP contribution in [-0.2, 0) is 16.1 Å². The summed E-state index contributed by atoms with van der Waals surface area (Å²) in [7, 11) is 0. The summed E-state index contributed by atoms with van der Waals surface area (Å²) in [5, 5.41) is 5.11. The van der Waals surface area contributed by atoms with Crippen LogP contribution in [0.3, 0.4) is 0 Å². The van der Waals surface area contributed by atoms with E-state index in [4.69, 9.17) is 10.5 Å². The van der Waals surface area contributed by atoms with E-state index in [0.29, 0.717) is 11.3 Å². The van der Waals surface area contributed by atoms with E-state index in [1.165, 1.54) is 0 Å². The third-order valence-corrected chi connectivity index (χ3v) is 4.11. The zero-order valence-electron chi connectivity index (χ0n) is 14.2. The van der Waals surface area contributed by atoms with Gasteiger partial charge in [-0.1, -0.05) is 12.1 Å². The van der Waals surface area contributed by atoms with E-state index in [1.54, 1.807) is 48.2 Å². The van der Waals surface area contributed by atoms with Crippen LogP contribution in [0.5, 0.6) is 0 Å². The summed E-state index contributed by atoms with van der Waals surface area (Å²) in [6, 6.07) is 13.2. The van der Waals surface area contributed by atoms with Gasteiger partial charge in [-0.3, -0.25) is 4.79 Å². The van der Waals surface area contributed by atoms with Crippen molar-refractivity contribution in [2.24, 2.45) is 5.73 Å². The molecule has 0 saturated carbocycles. The Kier molecular flexibility index (Phi) is 7.04. The van der Waals surface area contributed by atoms with Gasteiger partial charge in [-0.25, -0.2) is 9.59 Å². The molecule has 0 aliphatic heterocycles. The number of carbonyl (C=O) groups excluding carboxylic acids is 3. The third kappa shape index (κ3) is 6.14. The van der Waals surface area contributed by atoms with Crippen molar-refractivity contribution in [2.75, 3.05) is 18.2 Å². The average molecular weight is 373 g/mol. The molecule has 2 rings (SSSR count). The maximum atomic E-state index is 12.0. The maximum Gasteiger partial charge on any atom is 0.338 e. The van der Waals surface area contributed by atoms with E-state index >= 15 is 0 Å². The van der Waals surface area contributed by atoms with Crippen molar-refractivity contribution in [3.63, 3.8) is 0 Å². The second-order valence-corrected chi connectivity index (χ2v) is 6.15. The topological polar surface area (TPSA) is 111 Å². The molecule has 0 fully saturated rings. The highest BCUT2D eigenvalue weighted by Crippen LogP contribution is 2.17. The van der Waals surface area contributed by atoms with Crippen LogP contribution in [0.25, 0.3) is 0 Å². The van der Waals surface area contributed by atoms with Crippen LogP contribution in [0.15, 0.2) is 53.4 Å². The van der Waals surface area contributed by atoms with Crippen LogP contribution in [0.2, 0.25) is 0 Å². The van der Waals surface area contributed by atoms with E-state index in [0.717, 1.165) is 10.5 Å². The van der Waals surface area contributed by atoms with Gasteiger partial charge in [-0.05, 0) is 48.2 Å². The number of hydrogen-bond acceptors (Lipinski definition) is 5. The predicted octanol–water partition coefficient (Wildman–Crippen LogP) is 2.37. The summed E-state index contributed by atoms with van der Waals surface area (Å²) in [5.41, 5.74) is 6.72. The Balaban J connectivity index is 1.81. The smallest absolute Gasteiger partial charge is 0.338 e. The van der Waals surface area contributed by atoms with Crippen LogP contribution in [0, 0.1) is 0 Å². The van der Waals surface area contributed by atoms with Crippen molar-refractivity contribution in [3.05, 3.63) is 59.7 Å². The lowest BCUT2D eigenvalue weighted by Crippen LogP contribution is -2.28. The van der Waals surface area contributed by atoms with Gasteiger partial charge in [0.05, 0.1) is 5.56 Å². The van der Waals surface area contributed by atoms with Gasteiger partial charge in [-0.15, -0.1) is 11.8 Å². The Bertz CT molecular complexity index is 776. The second-order valence-electron chi connectivity index (χ2n) is 5.27. The van der Waals surface area contributed by atoms with Gasteiger partial charge >= 0.3 is 12.0 Å². The number of urea groups is 1. The molecule has 0 aliphatic rings. The van der Waals surface area contributed by atoms with Crippen LogP contribution < -0.4 is 16.4 Å². The lowest BCUT2D eigenvalue weighted by molar-refractivity contribution is -0.119. The molecule has 26 heavy (non-hydrogen) atoms. The molecule has 8 heteroatoms. The number of thioether (sulfide) groups is 1. The number of benzene rings is 2. The molecule has 136 valence electrons. The molecule has 2 aromatic carbocycles. The Morgan fingerprint density at radius 2 is 1.69 bits per heavy atom. The van der Waals surface area contributed by atoms with Crippen molar-refractivity contribution >= 4 is 35.4 Å². The number of nitrogens with two attached hydrogens (primary N) is 1. The van der Waals surface area contributed by atoms with Gasteiger partial charge in [0.25, 0.3) is 5.91 Å². The van der Waals surface area contributed by atoms with Gasteiger partial charge in [0.1, 0.15) is 0 Å². The first kappa shape index (κ1) is 19.3. The second kappa shape index (κ2) is 9.47. The van der Waals surface area contributed by atoms with E-state index in [1.807, 2.05) is 18.4 Å². The van der Waals surface area contributed by atoms with Crippen LogP contribution >= 0.6 is 11.8 Å². The largest absolute Gasteiger partial charge is 0.452 e. The molecular weight excluding hydrogens is 354 g/mol. The first-order valence-corrected chi connectivity index (χ1v) is 8.93. The molecule has 0 aromatic heterocycles. The van der Waals surface area contributed by atoms with Crippen molar-refractivity contribution in [1.29, 1.82) is 0 Å². The minimum Gasteiger partial charge on any atom is -0.452 e. The Hall–Kier alpha value is -3.00. The summed E-state index contributed by atoms with van der Waals surface area (Å²) in [6.07, 6.45) is 1.97. The molecular formula is C18H19N3O4S. The molecule has 0 spiro atoms. The highest BCUT2D eigenvalue weighted by atomic mass is 32.2. The molecule has 0 radical (unpaired) electrons. The van der Waals surface area contributed by atoms with Gasteiger partial charge in [0.2, 0.25) is 0 Å². The van der Waals surface area contributed by atoms with E-state index in [9.17, 15) is 14.4 Å². The first-order valence-electron chi connectivity index (χ1n) is 7.71. The van der Waals surface area contributed by atoms with Crippen LogP contribution in [0.1, 0.15) is 15.9 Å². The Morgan fingerprint density at radius 1 is 1.04 bits per heavy atom. The monoisotopic (exact) mass is 373 g/mol. The average Bonchev–Trinajstić information content (AvgIpc) is 2.65. The lowest BCUT2D eigenvalue weighted by Gasteiger charge is -2.08. The molecule has 7 nitrogen and oxygen atoms in total. The highest BCUT2D eigenvalue weighted by Gasteiger charge is 2.10. The van der Waals surface area contributed by atoms with E-state index < -0.39 is 17.9 Å². The third-order valence-electron chi connectivity index (χ3n) is 3.36. The highest BCUT2D eigenvalue weighted by molar-refractivity contribution is 7.98. The number of rotatable bonds is 7. The van der Waals surface area contributed by atoms with Crippen molar-refractivity contribution in [3.8, 4) is 0 Å². The predicted molar refractivity (Wildman–Crippen MR) is 100 cm³/mol. The molecule has 4 N–H and O–H groups in total. The molecule has 2 aromatic rings. The quantitative estimate of drug-likeness (QED) is 0.510. The lowest BCUT2D eigenvalue weighted by atomic mass is 10.1. The SMILES string of the molecule is CSc1ccc(NC(=O)COC(=O)c2ccc(CNC(N)=O)cc2)cc1. The standard InChI is InChI=1S/C18H19N3O4S/c1-26-15-8-6-14(7-9-15)21-16(22)11-25-17(23)13-4-2-12(3-5-13)10-20-18(19)24/h2-9H,10-11H2,1H3,(H,21,22)(H3,19,20,24). The van der Waals surface area contributed by atoms with Crippen molar-refractivity contribution in [1.82, 2.24) is 5.32 Å². The Morgan fingerprint density at radius 3 is 2.27 bits per heavy atom. The van der Waals surface area contributed by atoms with Gasteiger partial charge in [0, 0.05) is 17.1 Å². The summed E-state index contributed by atoms with van der Waals surface area (Å²) >= 11 is 1.60. The minimum absolute atomic E-state index is 0.266. The fraction of sp³-hybridized carbons (Fsp3) is 0.167. The first-order chi connectivity index (χ1) is 12.5. The van der Waals surface area contributed by atoms with Crippen molar-refractivity contribution < 1.29 is 19.1 Å². The van der Waals surface area contributed by atoms with Gasteiger partial charge < -0.3 is 21.1 Å². The van der Waals surface area contributed by atoms with Crippen LogP contribution in [-0.4, -0.2) is 30.8 Å². The molecule has 0 atom stereocenters. The zero-order valence-corrected chi connectivity index (χ0v) is 15.0. The molecule has 0 saturated heterocycles. The number of carbonyl (C=O) groups is 3. The normalized spacial score (nSPS) is 10.0. The maximum absolute atomic E-state index is 12.0. The van der Waals surface area contributed by atoms with E-state index in [-0.39, 0.29) is 13.2 Å². The molecule has 0 heterocycles. The summed E-state index contributed by atoms with van der Waals surface area (Å²) in [4.78, 5) is 35.6.